The maximum absolute atomic E-state index is 12.5. The van der Waals surface area contributed by atoms with Gasteiger partial charge in [0.05, 0.1) is 29.1 Å². The molecule has 0 unspecified atom stereocenters. The number of nitrogens with one attached hydrogen (secondary N) is 2. The van der Waals surface area contributed by atoms with Crippen LogP contribution >= 0.6 is 0 Å². The molecule has 3 rings (SSSR count). The number of nitrogens with zero attached hydrogens (tertiary/aromatic N) is 3. The van der Waals surface area contributed by atoms with Gasteiger partial charge in [-0.1, -0.05) is 6.07 Å². The van der Waals surface area contributed by atoms with E-state index >= 15 is 0 Å². The molecule has 0 fully saturated rings. The second-order valence-corrected chi connectivity index (χ2v) is 6.18. The van der Waals surface area contributed by atoms with E-state index in [0.717, 1.165) is 11.4 Å². The third-order valence-corrected chi connectivity index (χ3v) is 3.92. The predicted molar refractivity (Wildman–Crippen MR) is 107 cm³/mol. The van der Waals surface area contributed by atoms with Gasteiger partial charge in [0.2, 0.25) is 0 Å². The van der Waals surface area contributed by atoms with Crippen molar-refractivity contribution >= 4 is 28.7 Å². The Balaban J connectivity index is 1.72. The smallest absolute Gasteiger partial charge is 0.257 e. The molecule has 0 aliphatic carbocycles. The number of rotatable bonds is 5. The molecule has 0 bridgehead atoms. The van der Waals surface area contributed by atoms with Crippen LogP contribution < -0.4 is 15.5 Å². The van der Waals surface area contributed by atoms with Crippen molar-refractivity contribution in [2.45, 2.75) is 0 Å². The first-order chi connectivity index (χ1) is 13.0. The van der Waals surface area contributed by atoms with E-state index in [2.05, 4.69) is 21.7 Å². The van der Waals surface area contributed by atoms with Gasteiger partial charge in [-0.2, -0.15) is 5.26 Å². The molecule has 0 aliphatic heterocycles. The SMILES string of the molecule is CN(C)c1ccc(NC(=O)c2cncc(Nc3cccc(C#N)c3)c2)cc1. The van der Waals surface area contributed by atoms with E-state index < -0.39 is 0 Å². The molecule has 27 heavy (non-hydrogen) atoms. The third kappa shape index (κ3) is 4.61. The van der Waals surface area contributed by atoms with E-state index in [1.54, 1.807) is 30.5 Å². The second-order valence-electron chi connectivity index (χ2n) is 6.18. The highest BCUT2D eigenvalue weighted by molar-refractivity contribution is 6.04. The van der Waals surface area contributed by atoms with E-state index in [1.165, 1.54) is 6.20 Å². The molecular weight excluding hydrogens is 338 g/mol. The first-order valence-electron chi connectivity index (χ1n) is 8.36. The topological polar surface area (TPSA) is 81.1 Å². The Labute approximate surface area is 158 Å². The minimum absolute atomic E-state index is 0.241. The summed E-state index contributed by atoms with van der Waals surface area (Å²) in [5.74, 6) is -0.241. The van der Waals surface area contributed by atoms with Gasteiger partial charge >= 0.3 is 0 Å². The van der Waals surface area contributed by atoms with Gasteiger partial charge in [-0.25, -0.2) is 0 Å². The molecule has 0 aliphatic rings. The van der Waals surface area contributed by atoms with Crippen molar-refractivity contribution in [2.24, 2.45) is 0 Å². The summed E-state index contributed by atoms with van der Waals surface area (Å²) in [7, 11) is 3.92. The number of aromatic nitrogens is 1. The van der Waals surface area contributed by atoms with Crippen molar-refractivity contribution in [1.29, 1.82) is 5.26 Å². The molecule has 0 saturated carbocycles. The van der Waals surface area contributed by atoms with Gasteiger partial charge in [-0.05, 0) is 48.5 Å². The average molecular weight is 357 g/mol. The van der Waals surface area contributed by atoms with Crippen LogP contribution in [0.1, 0.15) is 15.9 Å². The Morgan fingerprint density at radius 3 is 2.48 bits per heavy atom. The summed E-state index contributed by atoms with van der Waals surface area (Å²) in [6, 6.07) is 18.5. The van der Waals surface area contributed by atoms with E-state index in [-0.39, 0.29) is 5.91 Å². The maximum atomic E-state index is 12.5. The molecule has 6 nitrogen and oxygen atoms in total. The summed E-state index contributed by atoms with van der Waals surface area (Å²) in [5.41, 5.74) is 4.19. The number of carbonyl (C=O) groups is 1. The van der Waals surface area contributed by atoms with Gasteiger partial charge < -0.3 is 15.5 Å². The van der Waals surface area contributed by atoms with E-state index in [0.29, 0.717) is 22.5 Å². The molecule has 134 valence electrons. The Kier molecular flexibility index (Phi) is 5.33. The number of hydrogen-bond acceptors (Lipinski definition) is 5. The summed E-state index contributed by atoms with van der Waals surface area (Å²) < 4.78 is 0. The van der Waals surface area contributed by atoms with Crippen molar-refractivity contribution in [3.05, 3.63) is 78.1 Å². The predicted octanol–water partition coefficient (Wildman–Crippen LogP) is 4.02. The molecule has 0 atom stereocenters. The number of nitriles is 1. The van der Waals surface area contributed by atoms with Crippen LogP contribution in [-0.2, 0) is 0 Å². The van der Waals surface area contributed by atoms with Gasteiger partial charge in [0.25, 0.3) is 5.91 Å². The summed E-state index contributed by atoms with van der Waals surface area (Å²) in [4.78, 5) is 18.6. The van der Waals surface area contributed by atoms with Crippen molar-refractivity contribution in [1.82, 2.24) is 4.98 Å². The lowest BCUT2D eigenvalue weighted by Crippen LogP contribution is -2.13. The Morgan fingerprint density at radius 1 is 1.00 bits per heavy atom. The number of pyridine rings is 1. The van der Waals surface area contributed by atoms with Crippen LogP contribution in [0.2, 0.25) is 0 Å². The van der Waals surface area contributed by atoms with Crippen LogP contribution in [-0.4, -0.2) is 25.0 Å². The largest absolute Gasteiger partial charge is 0.378 e. The van der Waals surface area contributed by atoms with Crippen LogP contribution in [0.5, 0.6) is 0 Å². The highest BCUT2D eigenvalue weighted by atomic mass is 16.1. The van der Waals surface area contributed by atoms with Crippen LogP contribution in [0.15, 0.2) is 67.0 Å². The molecule has 0 saturated heterocycles. The molecular formula is C21H19N5O. The lowest BCUT2D eigenvalue weighted by atomic mass is 10.2. The van der Waals surface area contributed by atoms with Gasteiger partial charge in [0.1, 0.15) is 0 Å². The van der Waals surface area contributed by atoms with Gasteiger partial charge in [0.15, 0.2) is 0 Å². The first-order valence-corrected chi connectivity index (χ1v) is 8.36. The van der Waals surface area contributed by atoms with Crippen LogP contribution in [0.4, 0.5) is 22.7 Å². The molecule has 1 heterocycles. The standard InChI is InChI=1S/C21H19N5O/c1-26(2)20-8-6-17(7-9-20)25-21(27)16-11-19(14-23-13-16)24-18-5-3-4-15(10-18)12-22/h3-11,13-14,24H,1-2H3,(H,25,27). The minimum Gasteiger partial charge on any atom is -0.378 e. The lowest BCUT2D eigenvalue weighted by Gasteiger charge is -2.13. The minimum atomic E-state index is -0.241. The zero-order valence-electron chi connectivity index (χ0n) is 15.1. The van der Waals surface area contributed by atoms with E-state index in [9.17, 15) is 4.79 Å². The molecule has 1 aromatic heterocycles. The molecule has 0 spiro atoms. The Hall–Kier alpha value is -3.85. The number of carbonyl (C=O) groups excluding carboxylic acids is 1. The fourth-order valence-corrected chi connectivity index (χ4v) is 2.51. The average Bonchev–Trinajstić information content (AvgIpc) is 2.68. The highest BCUT2D eigenvalue weighted by Gasteiger charge is 2.08. The molecule has 2 N–H and O–H groups in total. The molecule has 1 amide bonds. The van der Waals surface area contributed by atoms with Crippen LogP contribution in [0.3, 0.4) is 0 Å². The molecule has 0 radical (unpaired) electrons. The Bertz CT molecular complexity index is 990. The summed E-state index contributed by atoms with van der Waals surface area (Å²) in [6.45, 7) is 0. The van der Waals surface area contributed by atoms with Gasteiger partial charge in [0, 0.05) is 37.4 Å². The first kappa shape index (κ1) is 18.0. The lowest BCUT2D eigenvalue weighted by molar-refractivity contribution is 0.102. The van der Waals surface area contributed by atoms with Crippen LogP contribution in [0.25, 0.3) is 0 Å². The zero-order chi connectivity index (χ0) is 19.2. The van der Waals surface area contributed by atoms with Crippen molar-refractivity contribution in [3.63, 3.8) is 0 Å². The monoisotopic (exact) mass is 357 g/mol. The summed E-state index contributed by atoms with van der Waals surface area (Å²) in [5, 5.41) is 15.0. The number of anilines is 4. The normalized spacial score (nSPS) is 9.96. The Morgan fingerprint density at radius 2 is 1.78 bits per heavy atom. The zero-order valence-corrected chi connectivity index (χ0v) is 15.1. The van der Waals surface area contributed by atoms with Gasteiger partial charge in [-0.3, -0.25) is 9.78 Å². The highest BCUT2D eigenvalue weighted by Crippen LogP contribution is 2.19. The number of hydrogen-bond donors (Lipinski definition) is 2. The molecule has 3 aromatic rings. The maximum Gasteiger partial charge on any atom is 0.257 e. The quantitative estimate of drug-likeness (QED) is 0.721. The third-order valence-electron chi connectivity index (χ3n) is 3.92. The fraction of sp³-hybridized carbons (Fsp3) is 0.0952. The molecule has 2 aromatic carbocycles. The van der Waals surface area contributed by atoms with E-state index in [4.69, 9.17) is 5.26 Å². The van der Waals surface area contributed by atoms with Gasteiger partial charge in [-0.15, -0.1) is 0 Å². The second kappa shape index (κ2) is 8.02. The summed E-state index contributed by atoms with van der Waals surface area (Å²) >= 11 is 0. The van der Waals surface area contributed by atoms with E-state index in [1.807, 2.05) is 49.3 Å². The van der Waals surface area contributed by atoms with Crippen molar-refractivity contribution in [2.75, 3.05) is 29.6 Å². The fourth-order valence-electron chi connectivity index (χ4n) is 2.51. The number of benzene rings is 2. The van der Waals surface area contributed by atoms with Crippen LogP contribution in [0, 0.1) is 11.3 Å². The summed E-state index contributed by atoms with van der Waals surface area (Å²) in [6.07, 6.45) is 3.14. The van der Waals surface area contributed by atoms with Crippen molar-refractivity contribution < 1.29 is 4.79 Å². The molecule has 6 heteroatoms. The number of amides is 1. The van der Waals surface area contributed by atoms with Crippen molar-refractivity contribution in [3.8, 4) is 6.07 Å².